The summed E-state index contributed by atoms with van der Waals surface area (Å²) in [4.78, 5) is 2.36. The number of aromatic nitrogens is 2. The molecule has 0 saturated carbocycles. The molecule has 1 fully saturated rings. The quantitative estimate of drug-likeness (QED) is 0.695. The molecule has 6 nitrogen and oxygen atoms in total. The summed E-state index contributed by atoms with van der Waals surface area (Å²) < 4.78 is 20.4. The number of benzene rings is 1. The van der Waals surface area contributed by atoms with Gasteiger partial charge in [0.05, 0.1) is 5.69 Å². The Kier molecular flexibility index (Phi) is 4.70. The standard InChI is InChI=1S/C22H26FN3O3/c23-15-5-6-18-19(13-15)29-24-20(18)14-7-9-25(10-8-14)11-12-26-21(27)16-3-1-2-4-17(16)22(26)28/h5-6,13-14,27-28H,1-4,7-12H2. The SMILES string of the molecule is Oc1c2c(c(O)n1CCN1CCC(c3noc4cc(F)ccc34)CC1)CCCC2. The molecule has 0 bridgehead atoms. The molecule has 29 heavy (non-hydrogen) atoms. The van der Waals surface area contributed by atoms with Crippen LogP contribution in [0.1, 0.15) is 48.4 Å². The highest BCUT2D eigenvalue weighted by Crippen LogP contribution is 2.39. The summed E-state index contributed by atoms with van der Waals surface area (Å²) in [5.74, 6) is 0.480. The van der Waals surface area contributed by atoms with E-state index in [1.54, 1.807) is 10.6 Å². The monoisotopic (exact) mass is 399 g/mol. The molecule has 1 aliphatic heterocycles. The summed E-state index contributed by atoms with van der Waals surface area (Å²) in [6.07, 6.45) is 5.76. The van der Waals surface area contributed by atoms with Crippen LogP contribution < -0.4 is 0 Å². The third kappa shape index (κ3) is 3.27. The van der Waals surface area contributed by atoms with Crippen molar-refractivity contribution in [3.63, 3.8) is 0 Å². The number of piperidine rings is 1. The topological polar surface area (TPSA) is 74.7 Å². The number of aromatic hydroxyl groups is 2. The van der Waals surface area contributed by atoms with E-state index < -0.39 is 0 Å². The van der Waals surface area contributed by atoms with Crippen molar-refractivity contribution >= 4 is 11.0 Å². The van der Waals surface area contributed by atoms with Gasteiger partial charge in [-0.15, -0.1) is 0 Å². The van der Waals surface area contributed by atoms with E-state index >= 15 is 0 Å². The molecule has 1 aliphatic carbocycles. The molecule has 2 aliphatic rings. The molecule has 7 heteroatoms. The van der Waals surface area contributed by atoms with Crippen LogP contribution in [-0.2, 0) is 19.4 Å². The van der Waals surface area contributed by atoms with E-state index in [1.165, 1.54) is 12.1 Å². The van der Waals surface area contributed by atoms with Crippen molar-refractivity contribution in [3.05, 3.63) is 40.8 Å². The van der Waals surface area contributed by atoms with Crippen LogP contribution in [-0.4, -0.2) is 44.5 Å². The number of hydrogen-bond donors (Lipinski definition) is 2. The van der Waals surface area contributed by atoms with E-state index in [9.17, 15) is 14.6 Å². The third-order valence-corrected chi connectivity index (χ3v) is 6.60. The first kappa shape index (κ1) is 18.5. The Hall–Kier alpha value is -2.54. The summed E-state index contributed by atoms with van der Waals surface area (Å²) in [5.41, 5.74) is 3.29. The maximum absolute atomic E-state index is 13.4. The van der Waals surface area contributed by atoms with Gasteiger partial charge in [-0.25, -0.2) is 4.39 Å². The maximum Gasteiger partial charge on any atom is 0.197 e. The minimum absolute atomic E-state index is 0.244. The van der Waals surface area contributed by atoms with Crippen LogP contribution in [0.2, 0.25) is 0 Å². The first-order chi connectivity index (χ1) is 14.1. The summed E-state index contributed by atoms with van der Waals surface area (Å²) in [6.45, 7) is 3.21. The summed E-state index contributed by atoms with van der Waals surface area (Å²) >= 11 is 0. The first-order valence-electron chi connectivity index (χ1n) is 10.5. The largest absolute Gasteiger partial charge is 0.494 e. The molecular weight excluding hydrogens is 373 g/mol. The van der Waals surface area contributed by atoms with Gasteiger partial charge in [0, 0.05) is 41.6 Å². The van der Waals surface area contributed by atoms with E-state index in [0.717, 1.165) is 80.4 Å². The van der Waals surface area contributed by atoms with E-state index in [2.05, 4.69) is 10.1 Å². The van der Waals surface area contributed by atoms with Gasteiger partial charge in [0.2, 0.25) is 0 Å². The molecule has 3 aromatic rings. The lowest BCUT2D eigenvalue weighted by Crippen LogP contribution is -2.35. The smallest absolute Gasteiger partial charge is 0.197 e. The van der Waals surface area contributed by atoms with Gasteiger partial charge in [-0.2, -0.15) is 0 Å². The molecule has 5 rings (SSSR count). The van der Waals surface area contributed by atoms with Crippen LogP contribution in [0.5, 0.6) is 11.8 Å². The number of fused-ring (bicyclic) bond motifs is 2. The zero-order chi connectivity index (χ0) is 20.0. The average molecular weight is 399 g/mol. The number of halogens is 1. The van der Waals surface area contributed by atoms with Crippen molar-refractivity contribution in [3.8, 4) is 11.8 Å². The second-order valence-electron chi connectivity index (χ2n) is 8.29. The van der Waals surface area contributed by atoms with E-state index in [-0.39, 0.29) is 17.6 Å². The molecule has 1 aromatic carbocycles. The number of rotatable bonds is 4. The Balaban J connectivity index is 1.22. The highest BCUT2D eigenvalue weighted by atomic mass is 19.1. The van der Waals surface area contributed by atoms with Crippen LogP contribution in [0.3, 0.4) is 0 Å². The van der Waals surface area contributed by atoms with E-state index in [0.29, 0.717) is 18.0 Å². The number of likely N-dealkylation sites (tertiary alicyclic amines) is 1. The number of hydrogen-bond acceptors (Lipinski definition) is 5. The zero-order valence-corrected chi connectivity index (χ0v) is 16.4. The van der Waals surface area contributed by atoms with Gasteiger partial charge in [0.1, 0.15) is 5.82 Å². The van der Waals surface area contributed by atoms with Crippen LogP contribution in [0.4, 0.5) is 4.39 Å². The van der Waals surface area contributed by atoms with Crippen molar-refractivity contribution in [1.29, 1.82) is 0 Å². The molecular formula is C22H26FN3O3. The molecule has 0 unspecified atom stereocenters. The predicted molar refractivity (Wildman–Crippen MR) is 107 cm³/mol. The summed E-state index contributed by atoms with van der Waals surface area (Å²) in [7, 11) is 0. The van der Waals surface area contributed by atoms with Gasteiger partial charge in [-0.3, -0.25) is 4.57 Å². The van der Waals surface area contributed by atoms with Gasteiger partial charge >= 0.3 is 0 Å². The fourth-order valence-corrected chi connectivity index (χ4v) is 4.93. The Morgan fingerprint density at radius 3 is 2.41 bits per heavy atom. The minimum atomic E-state index is -0.312. The Bertz CT molecular complexity index is 1000. The van der Waals surface area contributed by atoms with Crippen molar-refractivity contribution in [2.75, 3.05) is 19.6 Å². The molecule has 0 amide bonds. The summed E-state index contributed by atoms with van der Waals surface area (Å²) in [6, 6.07) is 4.59. The molecule has 3 heterocycles. The fourth-order valence-electron chi connectivity index (χ4n) is 4.93. The Morgan fingerprint density at radius 1 is 1.03 bits per heavy atom. The Morgan fingerprint density at radius 2 is 1.72 bits per heavy atom. The minimum Gasteiger partial charge on any atom is -0.494 e. The van der Waals surface area contributed by atoms with Gasteiger partial charge in [0.15, 0.2) is 17.3 Å². The average Bonchev–Trinajstić information content (AvgIpc) is 3.26. The van der Waals surface area contributed by atoms with Crippen LogP contribution in [0.15, 0.2) is 22.7 Å². The predicted octanol–water partition coefficient (Wildman–Crippen LogP) is 3.94. The van der Waals surface area contributed by atoms with E-state index in [4.69, 9.17) is 4.52 Å². The molecule has 154 valence electrons. The lowest BCUT2D eigenvalue weighted by Gasteiger charge is -2.31. The van der Waals surface area contributed by atoms with Crippen molar-refractivity contribution in [2.45, 2.75) is 51.0 Å². The lowest BCUT2D eigenvalue weighted by molar-refractivity contribution is 0.197. The lowest BCUT2D eigenvalue weighted by atomic mass is 9.91. The third-order valence-electron chi connectivity index (χ3n) is 6.60. The van der Waals surface area contributed by atoms with E-state index in [1.807, 2.05) is 0 Å². The van der Waals surface area contributed by atoms with Crippen molar-refractivity contribution in [1.82, 2.24) is 14.6 Å². The van der Waals surface area contributed by atoms with Gasteiger partial charge in [-0.05, 0) is 63.7 Å². The second kappa shape index (κ2) is 7.37. The molecule has 0 spiro atoms. The molecule has 1 saturated heterocycles. The molecule has 0 radical (unpaired) electrons. The number of nitrogens with zero attached hydrogens (tertiary/aromatic N) is 3. The van der Waals surface area contributed by atoms with Crippen LogP contribution in [0.25, 0.3) is 11.0 Å². The fraction of sp³-hybridized carbons (Fsp3) is 0.500. The van der Waals surface area contributed by atoms with Crippen molar-refractivity contribution < 1.29 is 19.1 Å². The highest BCUT2D eigenvalue weighted by Gasteiger charge is 2.27. The van der Waals surface area contributed by atoms with Crippen LogP contribution >= 0.6 is 0 Å². The first-order valence-corrected chi connectivity index (χ1v) is 10.5. The second-order valence-corrected chi connectivity index (χ2v) is 8.29. The van der Waals surface area contributed by atoms with Crippen molar-refractivity contribution in [2.24, 2.45) is 0 Å². The summed E-state index contributed by atoms with van der Waals surface area (Å²) in [5, 5.41) is 26.1. The van der Waals surface area contributed by atoms with Gasteiger partial charge in [-0.1, -0.05) is 5.16 Å². The molecule has 0 atom stereocenters. The maximum atomic E-state index is 13.4. The highest BCUT2D eigenvalue weighted by molar-refractivity contribution is 5.79. The molecule has 2 aromatic heterocycles. The normalized spacial score (nSPS) is 18.4. The van der Waals surface area contributed by atoms with Gasteiger partial charge in [0.25, 0.3) is 0 Å². The zero-order valence-electron chi connectivity index (χ0n) is 16.4. The Labute approximate surface area is 168 Å². The van der Waals surface area contributed by atoms with Gasteiger partial charge < -0.3 is 19.6 Å². The molecule has 2 N–H and O–H groups in total. The van der Waals surface area contributed by atoms with Crippen LogP contribution in [0, 0.1) is 5.82 Å².